The molecule has 1 N–H and O–H groups in total. The van der Waals surface area contributed by atoms with E-state index < -0.39 is 0 Å². The molecule has 0 radical (unpaired) electrons. The second-order valence-electron chi connectivity index (χ2n) is 7.77. The summed E-state index contributed by atoms with van der Waals surface area (Å²) in [4.78, 5) is 19.6. The maximum Gasteiger partial charge on any atom is 0.237 e. The topological polar surface area (TPSA) is 80.3 Å². The zero-order valence-corrected chi connectivity index (χ0v) is 19.8. The first kappa shape index (κ1) is 22.7. The van der Waals surface area contributed by atoms with Gasteiger partial charge in [-0.15, -0.1) is 5.10 Å². The molecule has 8 heteroatoms. The summed E-state index contributed by atoms with van der Waals surface area (Å²) in [6, 6.07) is 25.3. The summed E-state index contributed by atoms with van der Waals surface area (Å²) >= 11 is 1.30. The molecule has 0 bridgehead atoms. The zero-order valence-electron chi connectivity index (χ0n) is 19.0. The lowest BCUT2D eigenvalue weighted by molar-refractivity contribution is -0.116. The van der Waals surface area contributed by atoms with Crippen molar-refractivity contribution >= 4 is 29.4 Å². The van der Waals surface area contributed by atoms with Crippen LogP contribution in [-0.2, 0) is 4.79 Å². The standard InChI is InChI=1S/C27H24N4O3S/c32-25(19-35-27-28-26(29-30-27)21-11-5-2-6-12-21)31(15-7-10-20-8-3-1-4-9-20)22-13-14-23-24(18-22)34-17-16-33-23/h1-14,18H,15-17,19H2,(H,28,29,30). The number of carbonyl (C=O) groups excluding carboxylic acids is 1. The van der Waals surface area contributed by atoms with Crippen LogP contribution in [0, 0.1) is 0 Å². The monoisotopic (exact) mass is 484 g/mol. The first-order valence-corrected chi connectivity index (χ1v) is 12.3. The van der Waals surface area contributed by atoms with E-state index in [1.54, 1.807) is 4.90 Å². The number of benzene rings is 3. The van der Waals surface area contributed by atoms with Crippen LogP contribution >= 0.6 is 11.8 Å². The SMILES string of the molecule is O=C(CSc1n[nH]c(-c2ccccc2)n1)N(CC=Cc1ccccc1)c1ccc2c(c1)OCCO2. The molecule has 0 saturated heterocycles. The van der Waals surface area contributed by atoms with Gasteiger partial charge in [0.15, 0.2) is 17.3 Å². The number of thioether (sulfide) groups is 1. The third-order valence-electron chi connectivity index (χ3n) is 5.37. The Kier molecular flexibility index (Phi) is 7.10. The van der Waals surface area contributed by atoms with Crippen molar-refractivity contribution in [3.05, 3.63) is 90.5 Å². The fourth-order valence-electron chi connectivity index (χ4n) is 3.65. The Morgan fingerprint density at radius 3 is 2.51 bits per heavy atom. The normalized spacial score (nSPS) is 12.6. The number of fused-ring (bicyclic) bond motifs is 1. The summed E-state index contributed by atoms with van der Waals surface area (Å²) in [5.41, 5.74) is 2.77. The second-order valence-corrected chi connectivity index (χ2v) is 8.71. The number of aromatic nitrogens is 3. The molecule has 1 amide bonds. The predicted molar refractivity (Wildman–Crippen MR) is 138 cm³/mol. The molecule has 0 unspecified atom stereocenters. The van der Waals surface area contributed by atoms with Gasteiger partial charge >= 0.3 is 0 Å². The molecule has 4 aromatic rings. The van der Waals surface area contributed by atoms with Gasteiger partial charge in [0.05, 0.1) is 5.75 Å². The van der Waals surface area contributed by atoms with Crippen LogP contribution in [0.3, 0.4) is 0 Å². The number of nitrogens with one attached hydrogen (secondary N) is 1. The number of ether oxygens (including phenoxy) is 2. The van der Waals surface area contributed by atoms with Crippen molar-refractivity contribution in [1.29, 1.82) is 0 Å². The molecule has 1 aliphatic heterocycles. The van der Waals surface area contributed by atoms with Gasteiger partial charge in [0.2, 0.25) is 11.1 Å². The molecule has 7 nitrogen and oxygen atoms in total. The smallest absolute Gasteiger partial charge is 0.237 e. The Morgan fingerprint density at radius 2 is 1.71 bits per heavy atom. The summed E-state index contributed by atoms with van der Waals surface area (Å²) in [5, 5.41) is 7.73. The van der Waals surface area contributed by atoms with Crippen molar-refractivity contribution in [3.63, 3.8) is 0 Å². The van der Waals surface area contributed by atoms with Gasteiger partial charge in [0, 0.05) is 23.9 Å². The molecular weight excluding hydrogens is 460 g/mol. The van der Waals surface area contributed by atoms with Crippen molar-refractivity contribution < 1.29 is 14.3 Å². The fourth-order valence-corrected chi connectivity index (χ4v) is 4.32. The Morgan fingerprint density at radius 1 is 0.971 bits per heavy atom. The van der Waals surface area contributed by atoms with Gasteiger partial charge in [-0.05, 0) is 17.7 Å². The molecule has 0 atom stereocenters. The van der Waals surface area contributed by atoms with E-state index in [0.29, 0.717) is 42.2 Å². The lowest BCUT2D eigenvalue weighted by Gasteiger charge is -2.24. The van der Waals surface area contributed by atoms with Crippen molar-refractivity contribution in [2.75, 3.05) is 30.4 Å². The minimum absolute atomic E-state index is 0.0598. The Bertz CT molecular complexity index is 1310. The van der Waals surface area contributed by atoms with Crippen LogP contribution in [0.15, 0.2) is 90.1 Å². The van der Waals surface area contributed by atoms with E-state index in [1.165, 1.54) is 11.8 Å². The van der Waals surface area contributed by atoms with Crippen LogP contribution in [0.25, 0.3) is 17.5 Å². The first-order chi connectivity index (χ1) is 17.3. The minimum Gasteiger partial charge on any atom is -0.486 e. The number of rotatable bonds is 8. The molecular formula is C27H24N4O3S. The third kappa shape index (κ3) is 5.73. The van der Waals surface area contributed by atoms with Gasteiger partial charge in [-0.2, -0.15) is 0 Å². The molecule has 176 valence electrons. The highest BCUT2D eigenvalue weighted by Gasteiger charge is 2.20. The zero-order chi connectivity index (χ0) is 23.9. The van der Waals surface area contributed by atoms with Crippen molar-refractivity contribution in [2.24, 2.45) is 0 Å². The lowest BCUT2D eigenvalue weighted by Crippen LogP contribution is -2.32. The molecule has 0 saturated carbocycles. The van der Waals surface area contributed by atoms with Gasteiger partial charge < -0.3 is 14.4 Å². The number of nitrogens with zero attached hydrogens (tertiary/aromatic N) is 3. The number of anilines is 1. The summed E-state index contributed by atoms with van der Waals surface area (Å²) in [6.07, 6.45) is 3.99. The van der Waals surface area contributed by atoms with Crippen LogP contribution in [0.1, 0.15) is 5.56 Å². The van der Waals surface area contributed by atoms with Crippen molar-refractivity contribution in [1.82, 2.24) is 15.2 Å². The number of amides is 1. The number of hydrogen-bond donors (Lipinski definition) is 1. The number of H-pyrrole nitrogens is 1. The molecule has 3 aromatic carbocycles. The van der Waals surface area contributed by atoms with Crippen molar-refractivity contribution in [2.45, 2.75) is 5.16 Å². The fraction of sp³-hybridized carbons (Fsp3) is 0.148. The average Bonchev–Trinajstić information content (AvgIpc) is 3.40. The van der Waals surface area contributed by atoms with Crippen LogP contribution < -0.4 is 14.4 Å². The maximum absolute atomic E-state index is 13.3. The summed E-state index contributed by atoms with van der Waals surface area (Å²) in [7, 11) is 0. The van der Waals surface area contributed by atoms with E-state index in [1.807, 2.05) is 91.0 Å². The second kappa shape index (κ2) is 10.9. The maximum atomic E-state index is 13.3. The number of carbonyl (C=O) groups is 1. The highest BCUT2D eigenvalue weighted by atomic mass is 32.2. The van der Waals surface area contributed by atoms with E-state index in [4.69, 9.17) is 9.47 Å². The van der Waals surface area contributed by atoms with Crippen LogP contribution in [-0.4, -0.2) is 46.6 Å². The van der Waals surface area contributed by atoms with E-state index in [-0.39, 0.29) is 11.7 Å². The van der Waals surface area contributed by atoms with E-state index >= 15 is 0 Å². The highest BCUT2D eigenvalue weighted by Crippen LogP contribution is 2.34. The van der Waals surface area contributed by atoms with Gasteiger partial charge in [-0.25, -0.2) is 4.98 Å². The van der Waals surface area contributed by atoms with Gasteiger partial charge in [-0.1, -0.05) is 84.6 Å². The predicted octanol–water partition coefficient (Wildman–Crippen LogP) is 5.08. The molecule has 1 aromatic heterocycles. The van der Waals surface area contributed by atoms with Crippen molar-refractivity contribution in [3.8, 4) is 22.9 Å². The van der Waals surface area contributed by atoms with E-state index in [2.05, 4.69) is 15.2 Å². The molecule has 2 heterocycles. The Balaban J connectivity index is 1.31. The largest absolute Gasteiger partial charge is 0.486 e. The minimum atomic E-state index is -0.0598. The molecule has 1 aliphatic rings. The molecule has 0 spiro atoms. The number of aromatic amines is 1. The number of hydrogen-bond acceptors (Lipinski definition) is 6. The third-order valence-corrected chi connectivity index (χ3v) is 6.21. The summed E-state index contributed by atoms with van der Waals surface area (Å²) < 4.78 is 11.4. The van der Waals surface area contributed by atoms with E-state index in [9.17, 15) is 4.79 Å². The molecule has 5 rings (SSSR count). The quantitative estimate of drug-likeness (QED) is 0.351. The summed E-state index contributed by atoms with van der Waals surface area (Å²) in [6.45, 7) is 1.42. The average molecular weight is 485 g/mol. The molecule has 0 fully saturated rings. The Hall–Kier alpha value is -4.04. The van der Waals surface area contributed by atoms with E-state index in [0.717, 1.165) is 16.8 Å². The summed E-state index contributed by atoms with van der Waals surface area (Å²) in [5.74, 6) is 2.15. The first-order valence-electron chi connectivity index (χ1n) is 11.3. The van der Waals surface area contributed by atoms with Crippen LogP contribution in [0.5, 0.6) is 11.5 Å². The Labute approximate surface area is 207 Å². The van der Waals surface area contributed by atoms with Gasteiger partial charge in [0.1, 0.15) is 13.2 Å². The van der Waals surface area contributed by atoms with Crippen LogP contribution in [0.2, 0.25) is 0 Å². The molecule has 35 heavy (non-hydrogen) atoms. The highest BCUT2D eigenvalue weighted by molar-refractivity contribution is 7.99. The van der Waals surface area contributed by atoms with Gasteiger partial charge in [0.25, 0.3) is 0 Å². The lowest BCUT2D eigenvalue weighted by atomic mass is 10.2. The van der Waals surface area contributed by atoms with Gasteiger partial charge in [-0.3, -0.25) is 9.89 Å². The molecule has 0 aliphatic carbocycles. The van der Waals surface area contributed by atoms with Crippen LogP contribution in [0.4, 0.5) is 5.69 Å².